The van der Waals surface area contributed by atoms with Gasteiger partial charge < -0.3 is 15.2 Å². The van der Waals surface area contributed by atoms with Gasteiger partial charge in [-0.15, -0.1) is 0 Å². The average molecular weight is 359 g/mol. The number of halogens is 1. The summed E-state index contributed by atoms with van der Waals surface area (Å²) in [6, 6.07) is 8.78. The first-order chi connectivity index (χ1) is 12.3. The summed E-state index contributed by atoms with van der Waals surface area (Å²) in [7, 11) is 1.38. The first-order valence-corrected chi connectivity index (χ1v) is 8.23. The lowest BCUT2D eigenvalue weighted by Gasteiger charge is -2.16. The molecule has 0 bridgehead atoms. The van der Waals surface area contributed by atoms with Gasteiger partial charge in [-0.25, -0.2) is 9.18 Å². The second-order valence-electron chi connectivity index (χ2n) is 6.23. The van der Waals surface area contributed by atoms with E-state index in [0.29, 0.717) is 17.5 Å². The molecule has 2 N–H and O–H groups in total. The Morgan fingerprint density at radius 1 is 1.15 bits per heavy atom. The summed E-state index contributed by atoms with van der Waals surface area (Å²) in [4.78, 5) is 23.8. The Labute approximate surface area is 151 Å². The quantitative estimate of drug-likeness (QED) is 0.795. The van der Waals surface area contributed by atoms with Crippen molar-refractivity contribution in [2.75, 3.05) is 7.11 Å². The summed E-state index contributed by atoms with van der Waals surface area (Å²) in [5.41, 5.74) is 3.01. The highest BCUT2D eigenvalue weighted by Gasteiger charge is 2.22. The van der Waals surface area contributed by atoms with Crippen molar-refractivity contribution in [1.82, 2.24) is 5.32 Å². The molecule has 0 heterocycles. The molecule has 1 unspecified atom stereocenters. The molecule has 1 amide bonds. The molecule has 2 aromatic carbocycles. The highest BCUT2D eigenvalue weighted by atomic mass is 19.1. The van der Waals surface area contributed by atoms with Crippen LogP contribution in [-0.2, 0) is 16.0 Å². The van der Waals surface area contributed by atoms with Gasteiger partial charge in [0.2, 0.25) is 5.91 Å². The monoisotopic (exact) mass is 359 g/mol. The van der Waals surface area contributed by atoms with Gasteiger partial charge in [-0.2, -0.15) is 0 Å². The number of hydrogen-bond acceptors (Lipinski definition) is 3. The minimum Gasteiger partial charge on any atom is -0.494 e. The van der Waals surface area contributed by atoms with Gasteiger partial charge in [0.25, 0.3) is 0 Å². The van der Waals surface area contributed by atoms with Gasteiger partial charge >= 0.3 is 5.97 Å². The normalized spacial score (nSPS) is 11.7. The van der Waals surface area contributed by atoms with Gasteiger partial charge in [0.05, 0.1) is 7.11 Å². The Hall–Kier alpha value is -2.89. The standard InChI is InChI=1S/C20H22FNO4/c1-12-8-13(2)10-15(9-12)19(20(24)25)22-18(23)7-5-14-4-6-17(26-3)16(21)11-14/h4,6,8-11,19H,5,7H2,1-3H3,(H,22,23)(H,24,25). The highest BCUT2D eigenvalue weighted by Crippen LogP contribution is 2.20. The number of carboxylic acids is 1. The van der Waals surface area contributed by atoms with Crippen LogP contribution in [-0.4, -0.2) is 24.1 Å². The van der Waals surface area contributed by atoms with Gasteiger partial charge in [-0.05, 0) is 43.5 Å². The fraction of sp³-hybridized carbons (Fsp3) is 0.300. The molecule has 0 spiro atoms. The van der Waals surface area contributed by atoms with Crippen molar-refractivity contribution in [3.63, 3.8) is 0 Å². The Morgan fingerprint density at radius 3 is 2.35 bits per heavy atom. The predicted molar refractivity (Wildman–Crippen MR) is 95.7 cm³/mol. The molecule has 1 atom stereocenters. The maximum absolute atomic E-state index is 13.7. The van der Waals surface area contributed by atoms with Crippen LogP contribution in [0.4, 0.5) is 4.39 Å². The van der Waals surface area contributed by atoms with E-state index >= 15 is 0 Å². The zero-order chi connectivity index (χ0) is 19.3. The van der Waals surface area contributed by atoms with Crippen molar-refractivity contribution in [3.05, 3.63) is 64.5 Å². The van der Waals surface area contributed by atoms with Gasteiger partial charge in [0, 0.05) is 6.42 Å². The van der Waals surface area contributed by atoms with Crippen LogP contribution >= 0.6 is 0 Å². The van der Waals surface area contributed by atoms with Crippen LogP contribution < -0.4 is 10.1 Å². The van der Waals surface area contributed by atoms with Crippen molar-refractivity contribution >= 4 is 11.9 Å². The van der Waals surface area contributed by atoms with E-state index < -0.39 is 23.7 Å². The van der Waals surface area contributed by atoms with Gasteiger partial charge in [0.1, 0.15) is 0 Å². The van der Waals surface area contributed by atoms with E-state index in [1.165, 1.54) is 19.2 Å². The third-order valence-electron chi connectivity index (χ3n) is 3.99. The number of aliphatic carboxylic acids is 1. The molecular formula is C20H22FNO4. The van der Waals surface area contributed by atoms with Crippen LogP contribution in [0.15, 0.2) is 36.4 Å². The number of nitrogens with one attached hydrogen (secondary N) is 1. The van der Waals surface area contributed by atoms with Crippen LogP contribution in [0.3, 0.4) is 0 Å². The summed E-state index contributed by atoms with van der Waals surface area (Å²) in [5.74, 6) is -1.89. The molecule has 0 aliphatic rings. The van der Waals surface area contributed by atoms with E-state index in [0.717, 1.165) is 11.1 Å². The number of carbonyl (C=O) groups is 2. The van der Waals surface area contributed by atoms with E-state index in [1.807, 2.05) is 19.9 Å². The molecule has 0 aliphatic carbocycles. The van der Waals surface area contributed by atoms with E-state index in [1.54, 1.807) is 18.2 Å². The van der Waals surface area contributed by atoms with Crippen LogP contribution in [0.5, 0.6) is 5.75 Å². The SMILES string of the molecule is COc1ccc(CCC(=O)NC(C(=O)O)c2cc(C)cc(C)c2)cc1F. The van der Waals surface area contributed by atoms with E-state index in [4.69, 9.17) is 4.74 Å². The zero-order valence-corrected chi connectivity index (χ0v) is 15.0. The number of benzene rings is 2. The zero-order valence-electron chi connectivity index (χ0n) is 15.0. The summed E-state index contributed by atoms with van der Waals surface area (Å²) in [5, 5.41) is 12.0. The number of rotatable bonds is 7. The molecule has 2 aromatic rings. The summed E-state index contributed by atoms with van der Waals surface area (Å²) >= 11 is 0. The Bertz CT molecular complexity index is 799. The third kappa shape index (κ3) is 5.05. The molecule has 26 heavy (non-hydrogen) atoms. The maximum Gasteiger partial charge on any atom is 0.330 e. The Kier molecular flexibility index (Phi) is 6.33. The van der Waals surface area contributed by atoms with Crippen molar-refractivity contribution in [3.8, 4) is 5.75 Å². The Morgan fingerprint density at radius 2 is 1.81 bits per heavy atom. The van der Waals surface area contributed by atoms with Crippen LogP contribution in [0.25, 0.3) is 0 Å². The molecule has 6 heteroatoms. The molecule has 2 rings (SSSR count). The average Bonchev–Trinajstić information content (AvgIpc) is 2.56. The predicted octanol–water partition coefficient (Wildman–Crippen LogP) is 3.33. The number of ether oxygens (including phenoxy) is 1. The van der Waals surface area contributed by atoms with Crippen molar-refractivity contribution in [2.45, 2.75) is 32.7 Å². The van der Waals surface area contributed by atoms with Gasteiger partial charge in [-0.3, -0.25) is 4.79 Å². The summed E-state index contributed by atoms with van der Waals surface area (Å²) < 4.78 is 18.5. The lowest BCUT2D eigenvalue weighted by atomic mass is 10.0. The maximum atomic E-state index is 13.7. The highest BCUT2D eigenvalue weighted by molar-refractivity contribution is 5.84. The molecular weight excluding hydrogens is 337 g/mol. The number of methoxy groups -OCH3 is 1. The number of carboxylic acid groups (broad SMARTS) is 1. The lowest BCUT2D eigenvalue weighted by Crippen LogP contribution is -2.34. The van der Waals surface area contributed by atoms with Crippen molar-refractivity contribution in [1.29, 1.82) is 0 Å². The Balaban J connectivity index is 2.04. The summed E-state index contributed by atoms with van der Waals surface area (Å²) in [6.45, 7) is 3.74. The fourth-order valence-electron chi connectivity index (χ4n) is 2.82. The molecule has 138 valence electrons. The molecule has 0 saturated heterocycles. The molecule has 0 aliphatic heterocycles. The first kappa shape index (κ1) is 19.4. The lowest BCUT2D eigenvalue weighted by molar-refractivity contribution is -0.142. The third-order valence-corrected chi connectivity index (χ3v) is 3.99. The molecule has 0 radical (unpaired) electrons. The second kappa shape index (κ2) is 8.47. The smallest absolute Gasteiger partial charge is 0.330 e. The topological polar surface area (TPSA) is 75.6 Å². The van der Waals surface area contributed by atoms with E-state index in [2.05, 4.69) is 5.32 Å². The summed E-state index contributed by atoms with van der Waals surface area (Å²) in [6.07, 6.45) is 0.353. The van der Waals surface area contributed by atoms with Gasteiger partial charge in [0.15, 0.2) is 17.6 Å². The number of hydrogen-bond donors (Lipinski definition) is 2. The van der Waals surface area contributed by atoms with Crippen LogP contribution in [0.2, 0.25) is 0 Å². The second-order valence-corrected chi connectivity index (χ2v) is 6.23. The first-order valence-electron chi connectivity index (χ1n) is 8.23. The van der Waals surface area contributed by atoms with E-state index in [-0.39, 0.29) is 12.2 Å². The largest absolute Gasteiger partial charge is 0.494 e. The minimum absolute atomic E-state index is 0.0559. The molecule has 0 saturated carbocycles. The van der Waals surface area contributed by atoms with E-state index in [9.17, 15) is 19.1 Å². The minimum atomic E-state index is -1.13. The van der Waals surface area contributed by atoms with Gasteiger partial charge in [-0.1, -0.05) is 35.4 Å². The number of aryl methyl sites for hydroxylation is 3. The van der Waals surface area contributed by atoms with Crippen LogP contribution in [0.1, 0.15) is 34.7 Å². The molecule has 0 fully saturated rings. The molecule has 0 aromatic heterocycles. The fourth-order valence-corrected chi connectivity index (χ4v) is 2.82. The van der Waals surface area contributed by atoms with Crippen molar-refractivity contribution in [2.24, 2.45) is 0 Å². The molecule has 5 nitrogen and oxygen atoms in total. The van der Waals surface area contributed by atoms with Crippen LogP contribution in [0, 0.1) is 19.7 Å². The van der Waals surface area contributed by atoms with Crippen molar-refractivity contribution < 1.29 is 23.8 Å². The number of carbonyl (C=O) groups excluding carboxylic acids is 1. The number of amides is 1.